The Labute approximate surface area is 135 Å². The molecule has 124 valence electrons. The summed E-state index contributed by atoms with van der Waals surface area (Å²) in [5.74, 6) is -1.18. The summed E-state index contributed by atoms with van der Waals surface area (Å²) < 4.78 is 0. The van der Waals surface area contributed by atoms with Gasteiger partial charge in [-0.3, -0.25) is 9.59 Å². The molecule has 1 aromatic carbocycles. The third-order valence-corrected chi connectivity index (χ3v) is 4.30. The number of aliphatic carboxylic acids is 1. The Balaban J connectivity index is 1.93. The van der Waals surface area contributed by atoms with Gasteiger partial charge in [0, 0.05) is 32.1 Å². The molecule has 1 atom stereocenters. The molecule has 0 aromatic heterocycles. The monoisotopic (exact) mass is 318 g/mol. The van der Waals surface area contributed by atoms with Crippen molar-refractivity contribution < 1.29 is 19.5 Å². The zero-order chi connectivity index (χ0) is 17.0. The number of nitrogens with zero attached hydrogens (tertiary/aromatic N) is 2. The highest BCUT2D eigenvalue weighted by Gasteiger charge is 2.25. The molecular formula is C17H22N2O4. The third-order valence-electron chi connectivity index (χ3n) is 4.30. The number of likely N-dealkylation sites (N-methyl/N-ethyl adjacent to an activating group) is 1. The van der Waals surface area contributed by atoms with Gasteiger partial charge in [0.15, 0.2) is 0 Å². The normalized spacial score (nSPS) is 15.0. The smallest absolute Gasteiger partial charge is 0.326 e. The van der Waals surface area contributed by atoms with Crippen LogP contribution in [0.2, 0.25) is 0 Å². The fourth-order valence-electron chi connectivity index (χ4n) is 2.69. The minimum atomic E-state index is -1.03. The number of fused-ring (bicyclic) bond motifs is 1. The van der Waals surface area contributed by atoms with Crippen LogP contribution in [-0.2, 0) is 20.8 Å². The zero-order valence-corrected chi connectivity index (χ0v) is 13.5. The summed E-state index contributed by atoms with van der Waals surface area (Å²) in [4.78, 5) is 38.0. The van der Waals surface area contributed by atoms with E-state index in [0.717, 1.165) is 17.7 Å². The highest BCUT2D eigenvalue weighted by molar-refractivity contribution is 5.96. The maximum Gasteiger partial charge on any atom is 0.326 e. The highest BCUT2D eigenvalue weighted by atomic mass is 16.4. The Hall–Kier alpha value is -2.37. The Bertz CT molecular complexity index is 614. The quantitative estimate of drug-likeness (QED) is 0.865. The Morgan fingerprint density at radius 1 is 1.30 bits per heavy atom. The number of carbonyl (C=O) groups excluding carboxylic acids is 2. The van der Waals surface area contributed by atoms with Crippen molar-refractivity contribution in [2.75, 3.05) is 18.5 Å². The van der Waals surface area contributed by atoms with Crippen molar-refractivity contribution in [3.05, 3.63) is 29.8 Å². The van der Waals surface area contributed by atoms with Gasteiger partial charge in [0.05, 0.1) is 0 Å². The third kappa shape index (κ3) is 3.88. The lowest BCUT2D eigenvalue weighted by Gasteiger charge is -2.29. The van der Waals surface area contributed by atoms with Crippen LogP contribution in [-0.4, -0.2) is 47.4 Å². The van der Waals surface area contributed by atoms with Gasteiger partial charge in [0.2, 0.25) is 11.8 Å². The number of amides is 2. The van der Waals surface area contributed by atoms with Gasteiger partial charge in [0.1, 0.15) is 6.04 Å². The van der Waals surface area contributed by atoms with Crippen molar-refractivity contribution in [2.45, 2.75) is 38.6 Å². The van der Waals surface area contributed by atoms with Crippen molar-refractivity contribution in [3.63, 3.8) is 0 Å². The largest absolute Gasteiger partial charge is 0.480 e. The molecule has 0 bridgehead atoms. The molecule has 1 N–H and O–H groups in total. The SMILES string of the molecule is C[C@@H](C(=O)O)N(C)C(=O)CCCN1C(=O)CCc2ccccc21. The van der Waals surface area contributed by atoms with Crippen LogP contribution in [0.3, 0.4) is 0 Å². The molecule has 0 unspecified atom stereocenters. The molecule has 0 saturated carbocycles. The fourth-order valence-corrected chi connectivity index (χ4v) is 2.69. The van der Waals surface area contributed by atoms with Crippen LogP contribution in [0.25, 0.3) is 0 Å². The van der Waals surface area contributed by atoms with E-state index >= 15 is 0 Å². The zero-order valence-electron chi connectivity index (χ0n) is 13.5. The summed E-state index contributed by atoms with van der Waals surface area (Å²) in [5.41, 5.74) is 2.07. The van der Waals surface area contributed by atoms with E-state index in [9.17, 15) is 14.4 Å². The van der Waals surface area contributed by atoms with E-state index in [1.807, 2.05) is 24.3 Å². The van der Waals surface area contributed by atoms with Crippen molar-refractivity contribution in [2.24, 2.45) is 0 Å². The number of hydrogen-bond donors (Lipinski definition) is 1. The number of aryl methyl sites for hydroxylation is 1. The molecule has 6 heteroatoms. The second-order valence-corrected chi connectivity index (χ2v) is 5.80. The highest BCUT2D eigenvalue weighted by Crippen LogP contribution is 2.27. The number of anilines is 1. The Kier molecular flexibility index (Phi) is 5.36. The molecule has 0 fully saturated rings. The fraction of sp³-hybridized carbons (Fsp3) is 0.471. The van der Waals surface area contributed by atoms with E-state index in [0.29, 0.717) is 19.4 Å². The van der Waals surface area contributed by atoms with Crippen LogP contribution in [0, 0.1) is 0 Å². The molecule has 6 nitrogen and oxygen atoms in total. The van der Waals surface area contributed by atoms with Crippen molar-refractivity contribution in [1.82, 2.24) is 4.90 Å². The summed E-state index contributed by atoms with van der Waals surface area (Å²) in [6.07, 6.45) is 1.97. The van der Waals surface area contributed by atoms with Gasteiger partial charge in [-0.25, -0.2) is 4.79 Å². The van der Waals surface area contributed by atoms with Crippen LogP contribution in [0.15, 0.2) is 24.3 Å². The maximum absolute atomic E-state index is 12.1. The molecule has 1 heterocycles. The van der Waals surface area contributed by atoms with E-state index in [1.165, 1.54) is 18.9 Å². The number of carboxylic acids is 1. The van der Waals surface area contributed by atoms with Crippen LogP contribution in [0.4, 0.5) is 5.69 Å². The standard InChI is InChI=1S/C17H22N2O4/c1-12(17(22)23)18(2)15(20)8-5-11-19-14-7-4-3-6-13(14)9-10-16(19)21/h3-4,6-7,12H,5,8-11H2,1-2H3,(H,22,23)/t12-/m0/s1. The second kappa shape index (κ2) is 7.26. The molecular weight excluding hydrogens is 296 g/mol. The van der Waals surface area contributed by atoms with Gasteiger partial charge in [-0.1, -0.05) is 18.2 Å². The molecule has 1 aromatic rings. The van der Waals surface area contributed by atoms with Crippen molar-refractivity contribution in [3.8, 4) is 0 Å². The molecule has 0 saturated heterocycles. The number of rotatable bonds is 6. The number of hydrogen-bond acceptors (Lipinski definition) is 3. The minimum Gasteiger partial charge on any atom is -0.480 e. The number of benzene rings is 1. The van der Waals surface area contributed by atoms with Crippen LogP contribution < -0.4 is 4.90 Å². The van der Waals surface area contributed by atoms with Gasteiger partial charge in [-0.2, -0.15) is 0 Å². The first-order valence-electron chi connectivity index (χ1n) is 7.78. The maximum atomic E-state index is 12.1. The molecule has 0 aliphatic carbocycles. The predicted octanol–water partition coefficient (Wildman–Crippen LogP) is 1.68. The first kappa shape index (κ1) is 17.0. The van der Waals surface area contributed by atoms with Gasteiger partial charge < -0.3 is 14.9 Å². The van der Waals surface area contributed by atoms with E-state index in [-0.39, 0.29) is 18.2 Å². The van der Waals surface area contributed by atoms with Gasteiger partial charge in [0.25, 0.3) is 0 Å². The number of carbonyl (C=O) groups is 3. The van der Waals surface area contributed by atoms with Crippen LogP contribution in [0.1, 0.15) is 31.7 Å². The topological polar surface area (TPSA) is 77.9 Å². The average molecular weight is 318 g/mol. The molecule has 1 aliphatic rings. The van der Waals surface area contributed by atoms with Crippen LogP contribution in [0.5, 0.6) is 0 Å². The average Bonchev–Trinajstić information content (AvgIpc) is 2.55. The number of para-hydroxylation sites is 1. The van der Waals surface area contributed by atoms with E-state index in [2.05, 4.69) is 0 Å². The predicted molar refractivity (Wildman–Crippen MR) is 86.2 cm³/mol. The van der Waals surface area contributed by atoms with Crippen molar-refractivity contribution in [1.29, 1.82) is 0 Å². The molecule has 23 heavy (non-hydrogen) atoms. The molecule has 2 rings (SSSR count). The lowest BCUT2D eigenvalue weighted by molar-refractivity contribution is -0.148. The molecule has 0 radical (unpaired) electrons. The summed E-state index contributed by atoms with van der Waals surface area (Å²) in [7, 11) is 1.49. The lowest BCUT2D eigenvalue weighted by Crippen LogP contribution is -2.41. The summed E-state index contributed by atoms with van der Waals surface area (Å²) in [6.45, 7) is 1.95. The first-order chi connectivity index (χ1) is 10.9. The Morgan fingerprint density at radius 2 is 2.00 bits per heavy atom. The first-order valence-corrected chi connectivity index (χ1v) is 7.78. The molecule has 2 amide bonds. The van der Waals surface area contributed by atoms with E-state index in [1.54, 1.807) is 4.90 Å². The summed E-state index contributed by atoms with van der Waals surface area (Å²) in [5, 5.41) is 8.93. The molecule has 0 spiro atoms. The summed E-state index contributed by atoms with van der Waals surface area (Å²) >= 11 is 0. The van der Waals surface area contributed by atoms with Gasteiger partial charge >= 0.3 is 5.97 Å². The van der Waals surface area contributed by atoms with Gasteiger partial charge in [-0.05, 0) is 31.4 Å². The van der Waals surface area contributed by atoms with Gasteiger partial charge in [-0.15, -0.1) is 0 Å². The second-order valence-electron chi connectivity index (χ2n) is 5.80. The Morgan fingerprint density at radius 3 is 2.70 bits per heavy atom. The van der Waals surface area contributed by atoms with Crippen LogP contribution >= 0.6 is 0 Å². The van der Waals surface area contributed by atoms with E-state index < -0.39 is 12.0 Å². The molecule has 1 aliphatic heterocycles. The van der Waals surface area contributed by atoms with Crippen molar-refractivity contribution >= 4 is 23.5 Å². The minimum absolute atomic E-state index is 0.0726. The van der Waals surface area contributed by atoms with E-state index in [4.69, 9.17) is 5.11 Å². The number of carboxylic acid groups (broad SMARTS) is 1. The summed E-state index contributed by atoms with van der Waals surface area (Å²) in [6, 6.07) is 6.95. The lowest BCUT2D eigenvalue weighted by atomic mass is 10.0.